The molecule has 0 radical (unpaired) electrons. The van der Waals surface area contributed by atoms with Crippen LogP contribution in [0.25, 0.3) is 22.3 Å². The number of pyridine rings is 2. The second kappa shape index (κ2) is 5.20. The van der Waals surface area contributed by atoms with E-state index < -0.39 is 0 Å². The summed E-state index contributed by atoms with van der Waals surface area (Å²) in [6, 6.07) is 14.9. The Balaban J connectivity index is 2.13. The topological polar surface area (TPSA) is 25.8 Å². The van der Waals surface area contributed by atoms with Crippen LogP contribution in [0, 0.1) is 13.8 Å². The lowest BCUT2D eigenvalue weighted by Crippen LogP contribution is -2.10. The summed E-state index contributed by atoms with van der Waals surface area (Å²) in [4.78, 5) is 9.45. The number of aromatic nitrogens is 2. The standard InChI is InChI=1S/C20H22N2/c1-13-6-7-14(2)21-19(13)18-10-8-15-12-16(20(3,4)5)9-11-17(15)22-18/h6-12H,1-5H3. The van der Waals surface area contributed by atoms with E-state index in [0.29, 0.717) is 0 Å². The van der Waals surface area contributed by atoms with Gasteiger partial charge in [-0.3, -0.25) is 4.98 Å². The highest BCUT2D eigenvalue weighted by Gasteiger charge is 2.14. The van der Waals surface area contributed by atoms with Gasteiger partial charge in [0, 0.05) is 11.1 Å². The summed E-state index contributed by atoms with van der Waals surface area (Å²) in [5.41, 5.74) is 6.60. The van der Waals surface area contributed by atoms with Crippen LogP contribution in [0.3, 0.4) is 0 Å². The van der Waals surface area contributed by atoms with Gasteiger partial charge in [-0.1, -0.05) is 39.0 Å². The van der Waals surface area contributed by atoms with Gasteiger partial charge in [0.1, 0.15) is 0 Å². The van der Waals surface area contributed by atoms with Crippen LogP contribution in [-0.2, 0) is 5.41 Å². The molecule has 0 aliphatic heterocycles. The number of hydrogen-bond acceptors (Lipinski definition) is 2. The monoisotopic (exact) mass is 290 g/mol. The fraction of sp³-hybridized carbons (Fsp3) is 0.300. The zero-order valence-electron chi connectivity index (χ0n) is 13.9. The number of hydrogen-bond donors (Lipinski definition) is 0. The number of benzene rings is 1. The van der Waals surface area contributed by atoms with Crippen LogP contribution in [0.4, 0.5) is 0 Å². The first-order valence-corrected chi connectivity index (χ1v) is 7.70. The minimum Gasteiger partial charge on any atom is -0.251 e. The Morgan fingerprint density at radius 2 is 1.59 bits per heavy atom. The molecular formula is C20H22N2. The summed E-state index contributed by atoms with van der Waals surface area (Å²) in [5.74, 6) is 0. The van der Waals surface area contributed by atoms with Crippen molar-refractivity contribution in [3.8, 4) is 11.4 Å². The first kappa shape index (κ1) is 14.7. The Bertz CT molecular complexity index is 842. The molecule has 0 N–H and O–H groups in total. The van der Waals surface area contributed by atoms with E-state index in [-0.39, 0.29) is 5.41 Å². The lowest BCUT2D eigenvalue weighted by molar-refractivity contribution is 0.591. The molecule has 0 saturated carbocycles. The van der Waals surface area contributed by atoms with E-state index in [1.54, 1.807) is 0 Å². The smallest absolute Gasteiger partial charge is 0.0918 e. The van der Waals surface area contributed by atoms with E-state index in [0.717, 1.165) is 28.2 Å². The second-order valence-electron chi connectivity index (χ2n) is 6.97. The molecule has 0 unspecified atom stereocenters. The van der Waals surface area contributed by atoms with E-state index in [9.17, 15) is 0 Å². The number of fused-ring (bicyclic) bond motifs is 1. The Morgan fingerprint density at radius 1 is 0.818 bits per heavy atom. The maximum atomic E-state index is 4.81. The van der Waals surface area contributed by atoms with Gasteiger partial charge < -0.3 is 0 Å². The molecule has 2 nitrogen and oxygen atoms in total. The molecule has 0 amide bonds. The molecule has 3 rings (SSSR count). The lowest BCUT2D eigenvalue weighted by Gasteiger charge is -2.19. The minimum atomic E-state index is 0.154. The summed E-state index contributed by atoms with van der Waals surface area (Å²) in [5, 5.41) is 1.18. The normalized spacial score (nSPS) is 11.9. The third-order valence-electron chi connectivity index (χ3n) is 4.03. The van der Waals surface area contributed by atoms with Crippen LogP contribution < -0.4 is 0 Å². The Hall–Kier alpha value is -2.22. The van der Waals surface area contributed by atoms with Crippen LogP contribution in [0.5, 0.6) is 0 Å². The molecule has 0 bridgehead atoms. The molecule has 112 valence electrons. The SMILES string of the molecule is Cc1ccc(C)c(-c2ccc3cc(C(C)(C)C)ccc3n2)n1. The van der Waals surface area contributed by atoms with Gasteiger partial charge in [-0.15, -0.1) is 0 Å². The number of nitrogens with zero attached hydrogens (tertiary/aromatic N) is 2. The molecule has 0 aliphatic rings. The van der Waals surface area contributed by atoms with Crippen molar-refractivity contribution in [3.63, 3.8) is 0 Å². The van der Waals surface area contributed by atoms with Crippen LogP contribution >= 0.6 is 0 Å². The molecule has 0 atom stereocenters. The molecular weight excluding hydrogens is 268 g/mol. The molecule has 2 heteroatoms. The molecule has 0 aliphatic carbocycles. The predicted molar refractivity (Wildman–Crippen MR) is 93.1 cm³/mol. The largest absolute Gasteiger partial charge is 0.251 e. The van der Waals surface area contributed by atoms with Crippen molar-refractivity contribution in [1.82, 2.24) is 9.97 Å². The molecule has 2 aromatic heterocycles. The average Bonchev–Trinajstić information content (AvgIpc) is 2.47. The second-order valence-corrected chi connectivity index (χ2v) is 6.97. The van der Waals surface area contributed by atoms with Crippen molar-refractivity contribution in [1.29, 1.82) is 0 Å². The summed E-state index contributed by atoms with van der Waals surface area (Å²) < 4.78 is 0. The first-order chi connectivity index (χ1) is 10.3. The van der Waals surface area contributed by atoms with Crippen molar-refractivity contribution in [2.75, 3.05) is 0 Å². The zero-order chi connectivity index (χ0) is 15.9. The third kappa shape index (κ3) is 2.74. The van der Waals surface area contributed by atoms with E-state index in [4.69, 9.17) is 4.98 Å². The van der Waals surface area contributed by atoms with E-state index >= 15 is 0 Å². The van der Waals surface area contributed by atoms with Crippen LogP contribution in [0.15, 0.2) is 42.5 Å². The van der Waals surface area contributed by atoms with Crippen molar-refractivity contribution < 1.29 is 0 Å². The van der Waals surface area contributed by atoms with Crippen molar-refractivity contribution >= 4 is 10.9 Å². The first-order valence-electron chi connectivity index (χ1n) is 7.70. The minimum absolute atomic E-state index is 0.154. The number of aryl methyl sites for hydroxylation is 2. The molecule has 0 spiro atoms. The molecule has 0 saturated heterocycles. The summed E-state index contributed by atoms with van der Waals surface area (Å²) in [7, 11) is 0. The van der Waals surface area contributed by atoms with Gasteiger partial charge in [0.05, 0.1) is 16.9 Å². The highest BCUT2D eigenvalue weighted by Crippen LogP contribution is 2.27. The van der Waals surface area contributed by atoms with E-state index in [1.165, 1.54) is 10.9 Å². The molecule has 3 aromatic rings. The highest BCUT2D eigenvalue weighted by atomic mass is 14.8. The number of rotatable bonds is 1. The van der Waals surface area contributed by atoms with E-state index in [1.807, 2.05) is 13.0 Å². The van der Waals surface area contributed by atoms with Crippen LogP contribution in [-0.4, -0.2) is 9.97 Å². The lowest BCUT2D eigenvalue weighted by atomic mass is 9.86. The van der Waals surface area contributed by atoms with Crippen LogP contribution in [0.1, 0.15) is 37.6 Å². The Kier molecular flexibility index (Phi) is 3.48. The zero-order valence-corrected chi connectivity index (χ0v) is 13.9. The fourth-order valence-corrected chi connectivity index (χ4v) is 2.61. The van der Waals surface area contributed by atoms with Crippen LogP contribution in [0.2, 0.25) is 0 Å². The molecule has 1 aromatic carbocycles. The Labute approximate surface area is 132 Å². The van der Waals surface area contributed by atoms with Crippen molar-refractivity contribution in [2.45, 2.75) is 40.0 Å². The Morgan fingerprint density at radius 3 is 2.32 bits per heavy atom. The van der Waals surface area contributed by atoms with Crippen molar-refractivity contribution in [3.05, 3.63) is 59.3 Å². The maximum absolute atomic E-state index is 4.81. The molecule has 0 fully saturated rings. The highest BCUT2D eigenvalue weighted by molar-refractivity contribution is 5.82. The molecule has 22 heavy (non-hydrogen) atoms. The van der Waals surface area contributed by atoms with Gasteiger partial charge in [0.2, 0.25) is 0 Å². The molecule has 2 heterocycles. The average molecular weight is 290 g/mol. The summed E-state index contributed by atoms with van der Waals surface area (Å²) in [6.07, 6.45) is 0. The fourth-order valence-electron chi connectivity index (χ4n) is 2.61. The van der Waals surface area contributed by atoms with Gasteiger partial charge in [-0.25, -0.2) is 4.98 Å². The van der Waals surface area contributed by atoms with Gasteiger partial charge >= 0.3 is 0 Å². The van der Waals surface area contributed by atoms with Gasteiger partial charge in [-0.05, 0) is 54.7 Å². The maximum Gasteiger partial charge on any atom is 0.0918 e. The third-order valence-corrected chi connectivity index (χ3v) is 4.03. The van der Waals surface area contributed by atoms with E-state index in [2.05, 4.69) is 69.1 Å². The van der Waals surface area contributed by atoms with Gasteiger partial charge in [0.25, 0.3) is 0 Å². The summed E-state index contributed by atoms with van der Waals surface area (Å²) in [6.45, 7) is 10.8. The van der Waals surface area contributed by atoms with Gasteiger partial charge in [0.15, 0.2) is 0 Å². The van der Waals surface area contributed by atoms with Gasteiger partial charge in [-0.2, -0.15) is 0 Å². The predicted octanol–water partition coefficient (Wildman–Crippen LogP) is 5.21. The summed E-state index contributed by atoms with van der Waals surface area (Å²) >= 11 is 0. The quantitative estimate of drug-likeness (QED) is 0.614. The van der Waals surface area contributed by atoms with Crippen molar-refractivity contribution in [2.24, 2.45) is 0 Å².